The van der Waals surface area contributed by atoms with Crippen LogP contribution in [0.25, 0.3) is 82.5 Å². The van der Waals surface area contributed by atoms with E-state index in [2.05, 4.69) is 262 Å². The van der Waals surface area contributed by atoms with E-state index in [1.165, 1.54) is 86.2 Å². The van der Waals surface area contributed by atoms with E-state index in [0.717, 1.165) is 17.1 Å². The molecule has 0 aliphatic carbocycles. The standard InChI is InChI=1S/C60H41N3Si/c1-5-21-42(22-6-1)61-56-40-39-43(62-53-34-16-15-31-49(53)50-32-19-37-57(59(50)62)63-54-35-17-13-29-47(54)48-30-14-18-36-55(48)63)41-52(56)51-33-20-38-58(60(51)61)64(44-23-7-2-8-24-44,45-25-9-3-10-26-45)46-27-11-4-12-28-46/h1-41H. The van der Waals surface area contributed by atoms with Crippen molar-refractivity contribution >= 4 is 94.2 Å². The minimum atomic E-state index is -2.94. The molecule has 3 nitrogen and oxygen atoms in total. The van der Waals surface area contributed by atoms with Crippen LogP contribution in [0.2, 0.25) is 0 Å². The van der Waals surface area contributed by atoms with Crippen molar-refractivity contribution in [2.24, 2.45) is 0 Å². The van der Waals surface area contributed by atoms with Crippen LogP contribution in [0.5, 0.6) is 0 Å². The summed E-state index contributed by atoms with van der Waals surface area (Å²) in [4.78, 5) is 0. The molecule has 13 aromatic rings. The number of hydrogen-bond donors (Lipinski definition) is 0. The van der Waals surface area contributed by atoms with Crippen LogP contribution in [0.1, 0.15) is 0 Å². The van der Waals surface area contributed by atoms with Gasteiger partial charge in [-0.05, 0) is 75.3 Å². The molecule has 0 spiro atoms. The number of nitrogens with zero attached hydrogens (tertiary/aromatic N) is 3. The van der Waals surface area contributed by atoms with Gasteiger partial charge in [-0.3, -0.25) is 0 Å². The number of hydrogen-bond acceptors (Lipinski definition) is 0. The third-order valence-electron chi connectivity index (χ3n) is 13.6. The molecule has 300 valence electrons. The van der Waals surface area contributed by atoms with Crippen LogP contribution in [0, 0.1) is 0 Å². The zero-order chi connectivity index (χ0) is 42.2. The lowest BCUT2D eigenvalue weighted by molar-refractivity contribution is 1.13. The van der Waals surface area contributed by atoms with E-state index in [9.17, 15) is 0 Å². The number of benzene rings is 10. The van der Waals surface area contributed by atoms with Gasteiger partial charge in [-0.2, -0.15) is 0 Å². The summed E-state index contributed by atoms with van der Waals surface area (Å²) in [6, 6.07) is 92.3. The molecule has 0 bridgehead atoms. The minimum absolute atomic E-state index is 1.13. The maximum Gasteiger partial charge on any atom is 0.181 e. The van der Waals surface area contributed by atoms with Crippen LogP contribution in [-0.4, -0.2) is 21.8 Å². The molecule has 0 radical (unpaired) electrons. The predicted molar refractivity (Wildman–Crippen MR) is 273 cm³/mol. The summed E-state index contributed by atoms with van der Waals surface area (Å²) in [6.07, 6.45) is 0. The summed E-state index contributed by atoms with van der Waals surface area (Å²) in [6.45, 7) is 0. The van der Waals surface area contributed by atoms with Gasteiger partial charge in [-0.1, -0.05) is 194 Å². The Morgan fingerprint density at radius 3 is 1.22 bits per heavy atom. The maximum absolute atomic E-state index is 2.94. The second-order valence-corrected chi connectivity index (χ2v) is 20.6. The average Bonchev–Trinajstić information content (AvgIpc) is 4.02. The lowest BCUT2D eigenvalue weighted by atomic mass is 10.1. The Bertz CT molecular complexity index is 3730. The molecule has 0 saturated heterocycles. The molecule has 0 amide bonds. The Morgan fingerprint density at radius 2 is 0.656 bits per heavy atom. The van der Waals surface area contributed by atoms with Gasteiger partial charge >= 0.3 is 0 Å². The molecule has 0 aliphatic heterocycles. The van der Waals surface area contributed by atoms with Gasteiger partial charge in [0.25, 0.3) is 0 Å². The monoisotopic (exact) mass is 831 g/mol. The van der Waals surface area contributed by atoms with Crippen molar-refractivity contribution in [2.45, 2.75) is 0 Å². The highest BCUT2D eigenvalue weighted by molar-refractivity contribution is 7.20. The van der Waals surface area contributed by atoms with Crippen molar-refractivity contribution in [3.8, 4) is 17.1 Å². The van der Waals surface area contributed by atoms with E-state index in [0.29, 0.717) is 0 Å². The molecule has 10 aromatic carbocycles. The summed E-state index contributed by atoms with van der Waals surface area (Å²) in [5.41, 5.74) is 10.6. The molecule has 4 heteroatoms. The molecule has 0 saturated carbocycles. The Balaban J connectivity index is 1.16. The lowest BCUT2D eigenvalue weighted by Crippen LogP contribution is -2.75. The lowest BCUT2D eigenvalue weighted by Gasteiger charge is -2.35. The van der Waals surface area contributed by atoms with E-state index in [1.807, 2.05) is 0 Å². The minimum Gasteiger partial charge on any atom is -0.309 e. The average molecular weight is 832 g/mol. The van der Waals surface area contributed by atoms with E-state index in [4.69, 9.17) is 0 Å². The SMILES string of the molecule is c1ccc(-n2c3ccc(-n4c5ccccc5c5cccc(-n6c7ccccc7c7ccccc76)c54)cc3c3cccc([Si](c4ccccc4)(c4ccccc4)c4ccccc4)c32)cc1. The summed E-state index contributed by atoms with van der Waals surface area (Å²) in [5, 5.41) is 12.9. The Hall–Kier alpha value is -8.18. The number of para-hydroxylation sites is 6. The summed E-state index contributed by atoms with van der Waals surface area (Å²) in [7, 11) is -2.94. The van der Waals surface area contributed by atoms with Crippen molar-refractivity contribution in [3.05, 3.63) is 249 Å². The molecule has 0 unspecified atom stereocenters. The van der Waals surface area contributed by atoms with Gasteiger partial charge in [0.2, 0.25) is 0 Å². The molecule has 0 fully saturated rings. The van der Waals surface area contributed by atoms with Gasteiger partial charge < -0.3 is 13.7 Å². The number of rotatable bonds is 7. The summed E-state index contributed by atoms with van der Waals surface area (Å²) >= 11 is 0. The van der Waals surface area contributed by atoms with E-state index < -0.39 is 8.07 Å². The third-order valence-corrected chi connectivity index (χ3v) is 18.4. The van der Waals surface area contributed by atoms with Gasteiger partial charge in [-0.15, -0.1) is 0 Å². The van der Waals surface area contributed by atoms with Crippen LogP contribution >= 0.6 is 0 Å². The molecule has 64 heavy (non-hydrogen) atoms. The smallest absolute Gasteiger partial charge is 0.181 e. The normalized spacial score (nSPS) is 12.1. The summed E-state index contributed by atoms with van der Waals surface area (Å²) in [5.74, 6) is 0. The topological polar surface area (TPSA) is 14.8 Å². The second kappa shape index (κ2) is 14.5. The number of aromatic nitrogens is 3. The van der Waals surface area contributed by atoms with Gasteiger partial charge in [0.15, 0.2) is 8.07 Å². The summed E-state index contributed by atoms with van der Waals surface area (Å²) < 4.78 is 7.51. The first kappa shape index (κ1) is 36.5. The van der Waals surface area contributed by atoms with Gasteiger partial charge in [0.1, 0.15) is 0 Å². The molecule has 13 rings (SSSR count). The fourth-order valence-corrected chi connectivity index (χ4v) is 16.0. The van der Waals surface area contributed by atoms with Gasteiger partial charge in [-0.25, -0.2) is 0 Å². The number of fused-ring (bicyclic) bond motifs is 9. The fraction of sp³-hybridized carbons (Fsp3) is 0. The predicted octanol–water partition coefficient (Wildman–Crippen LogP) is 12.4. The van der Waals surface area contributed by atoms with Crippen LogP contribution in [0.4, 0.5) is 0 Å². The van der Waals surface area contributed by atoms with Gasteiger partial charge in [0.05, 0.1) is 38.8 Å². The molecule has 0 N–H and O–H groups in total. The Morgan fingerprint density at radius 1 is 0.250 bits per heavy atom. The van der Waals surface area contributed by atoms with Crippen molar-refractivity contribution in [1.82, 2.24) is 13.7 Å². The molecule has 3 heterocycles. The first-order valence-corrected chi connectivity index (χ1v) is 24.1. The van der Waals surface area contributed by atoms with Crippen molar-refractivity contribution in [1.29, 1.82) is 0 Å². The van der Waals surface area contributed by atoms with Crippen LogP contribution in [0.3, 0.4) is 0 Å². The molecule has 0 atom stereocenters. The second-order valence-electron chi connectivity index (χ2n) is 16.8. The van der Waals surface area contributed by atoms with Crippen molar-refractivity contribution in [3.63, 3.8) is 0 Å². The van der Waals surface area contributed by atoms with Crippen LogP contribution < -0.4 is 20.7 Å². The van der Waals surface area contributed by atoms with Crippen molar-refractivity contribution in [2.75, 3.05) is 0 Å². The Kier molecular flexibility index (Phi) is 8.23. The van der Waals surface area contributed by atoms with Crippen LogP contribution in [0.15, 0.2) is 249 Å². The highest BCUT2D eigenvalue weighted by atomic mass is 28.3. The van der Waals surface area contributed by atoms with E-state index >= 15 is 0 Å². The van der Waals surface area contributed by atoms with E-state index in [1.54, 1.807) is 0 Å². The van der Waals surface area contributed by atoms with Crippen LogP contribution in [-0.2, 0) is 0 Å². The maximum atomic E-state index is 2.54. The zero-order valence-corrected chi connectivity index (χ0v) is 36.0. The quantitative estimate of drug-likeness (QED) is 0.112. The largest absolute Gasteiger partial charge is 0.309 e. The molecular weight excluding hydrogens is 791 g/mol. The molecule has 0 aliphatic rings. The van der Waals surface area contributed by atoms with E-state index in [-0.39, 0.29) is 0 Å². The molecule has 3 aromatic heterocycles. The van der Waals surface area contributed by atoms with Crippen molar-refractivity contribution < 1.29 is 0 Å². The first-order chi connectivity index (χ1) is 31.8. The highest BCUT2D eigenvalue weighted by Crippen LogP contribution is 2.41. The Labute approximate surface area is 372 Å². The zero-order valence-electron chi connectivity index (χ0n) is 35.0. The fourth-order valence-electron chi connectivity index (χ4n) is 11.0. The van der Waals surface area contributed by atoms with Gasteiger partial charge in [0, 0.05) is 43.7 Å². The third kappa shape index (κ3) is 5.21. The highest BCUT2D eigenvalue weighted by Gasteiger charge is 2.43. The molecular formula is C60H41N3Si. The first-order valence-electron chi connectivity index (χ1n) is 22.1.